The summed E-state index contributed by atoms with van der Waals surface area (Å²) in [5, 5.41) is 0. The highest BCUT2D eigenvalue weighted by molar-refractivity contribution is 14.1. The third-order valence-corrected chi connectivity index (χ3v) is 2.75. The van der Waals surface area contributed by atoms with E-state index >= 15 is 0 Å². The molecule has 1 heteroatoms. The van der Waals surface area contributed by atoms with E-state index in [1.54, 1.807) is 5.57 Å². The van der Waals surface area contributed by atoms with Gasteiger partial charge in [0.1, 0.15) is 0 Å². The van der Waals surface area contributed by atoms with Gasteiger partial charge in [-0.15, -0.1) is 0 Å². The number of alkyl halides is 1. The number of hydrogen-bond donors (Lipinski definition) is 0. The first-order valence-corrected chi connectivity index (χ1v) is 5.07. The Hall–Kier alpha value is 0.470. The molecule has 0 radical (unpaired) electrons. The zero-order chi connectivity index (χ0) is 7.61. The molecule has 0 saturated carbocycles. The Morgan fingerprint density at radius 3 is 2.40 bits per heavy atom. The highest BCUT2D eigenvalue weighted by atomic mass is 127. The van der Waals surface area contributed by atoms with Crippen LogP contribution in [0.25, 0.3) is 0 Å². The van der Waals surface area contributed by atoms with Crippen molar-refractivity contribution < 1.29 is 0 Å². The molecule has 0 aromatic carbocycles. The highest BCUT2D eigenvalue weighted by Crippen LogP contribution is 2.33. The van der Waals surface area contributed by atoms with Gasteiger partial charge in [0.25, 0.3) is 0 Å². The molecule has 0 spiro atoms. The number of hydrogen-bond acceptors (Lipinski definition) is 0. The molecule has 58 valence electrons. The summed E-state index contributed by atoms with van der Waals surface area (Å²) in [7, 11) is 0. The summed E-state index contributed by atoms with van der Waals surface area (Å²) in [4.78, 5) is 0. The molecular formula is C9H15I. The van der Waals surface area contributed by atoms with E-state index in [-0.39, 0.29) is 0 Å². The van der Waals surface area contributed by atoms with Gasteiger partial charge in [-0.25, -0.2) is 0 Å². The summed E-state index contributed by atoms with van der Waals surface area (Å²) >= 11 is 2.53. The van der Waals surface area contributed by atoms with Gasteiger partial charge in [0.2, 0.25) is 0 Å². The quantitative estimate of drug-likeness (QED) is 0.378. The zero-order valence-corrected chi connectivity index (χ0v) is 8.94. The Labute approximate surface area is 77.2 Å². The van der Waals surface area contributed by atoms with Gasteiger partial charge >= 0.3 is 0 Å². The average molecular weight is 250 g/mol. The molecule has 0 aromatic heterocycles. The second-order valence-electron chi connectivity index (χ2n) is 3.45. The van der Waals surface area contributed by atoms with E-state index in [1.807, 2.05) is 0 Å². The average Bonchev–Trinajstić information content (AvgIpc) is 1.88. The van der Waals surface area contributed by atoms with Gasteiger partial charge in [-0.1, -0.05) is 34.2 Å². The van der Waals surface area contributed by atoms with Crippen LogP contribution < -0.4 is 0 Å². The Morgan fingerprint density at radius 2 is 2.10 bits per heavy atom. The van der Waals surface area contributed by atoms with Gasteiger partial charge in [-0.3, -0.25) is 0 Å². The van der Waals surface area contributed by atoms with Gasteiger partial charge < -0.3 is 0 Å². The summed E-state index contributed by atoms with van der Waals surface area (Å²) in [5.41, 5.74) is 1.65. The lowest BCUT2D eigenvalue weighted by molar-refractivity contribution is 0.654. The molecule has 1 aliphatic carbocycles. The van der Waals surface area contributed by atoms with Gasteiger partial charge in [0, 0.05) is 3.42 Å². The van der Waals surface area contributed by atoms with Crippen molar-refractivity contribution in [3.63, 3.8) is 0 Å². The molecule has 0 N–H and O–H groups in total. The summed E-state index contributed by atoms with van der Waals surface area (Å²) in [5.74, 6) is 0. The molecule has 0 heterocycles. The maximum atomic E-state index is 2.53. The van der Waals surface area contributed by atoms with E-state index in [1.165, 1.54) is 25.7 Å². The second-order valence-corrected chi connectivity index (χ2v) is 6.14. The summed E-state index contributed by atoms with van der Waals surface area (Å²) < 4.78 is 0.401. The molecule has 0 amide bonds. The van der Waals surface area contributed by atoms with E-state index in [4.69, 9.17) is 0 Å². The maximum absolute atomic E-state index is 2.53. The van der Waals surface area contributed by atoms with E-state index in [9.17, 15) is 0 Å². The molecule has 0 bridgehead atoms. The monoisotopic (exact) mass is 250 g/mol. The fraction of sp³-hybridized carbons (Fsp3) is 0.778. The van der Waals surface area contributed by atoms with Crippen LogP contribution >= 0.6 is 22.6 Å². The standard InChI is InChI=1S/C9H15I/c1-9(2,10)8-6-4-3-5-7-8/h6H,3-5,7H2,1-2H3. The van der Waals surface area contributed by atoms with Crippen molar-refractivity contribution in [2.24, 2.45) is 0 Å². The molecule has 0 aromatic rings. The van der Waals surface area contributed by atoms with E-state index in [0.717, 1.165) is 0 Å². The highest BCUT2D eigenvalue weighted by Gasteiger charge is 2.19. The molecule has 0 nitrogen and oxygen atoms in total. The van der Waals surface area contributed by atoms with Crippen LogP contribution in [0.1, 0.15) is 39.5 Å². The van der Waals surface area contributed by atoms with Crippen LogP contribution in [-0.4, -0.2) is 3.42 Å². The lowest BCUT2D eigenvalue weighted by atomic mass is 9.91. The molecule has 0 unspecified atom stereocenters. The van der Waals surface area contributed by atoms with E-state index in [0.29, 0.717) is 3.42 Å². The molecule has 1 rings (SSSR count). The normalized spacial score (nSPS) is 20.5. The van der Waals surface area contributed by atoms with Crippen molar-refractivity contribution in [3.05, 3.63) is 11.6 Å². The van der Waals surface area contributed by atoms with Crippen LogP contribution in [0.4, 0.5) is 0 Å². The summed E-state index contributed by atoms with van der Waals surface area (Å²) in [6.45, 7) is 4.59. The van der Waals surface area contributed by atoms with Crippen LogP contribution in [0.15, 0.2) is 11.6 Å². The van der Waals surface area contributed by atoms with Crippen molar-refractivity contribution >= 4 is 22.6 Å². The van der Waals surface area contributed by atoms with Gasteiger partial charge in [-0.05, 0) is 39.5 Å². The number of halogens is 1. The lowest BCUT2D eigenvalue weighted by Crippen LogP contribution is -2.14. The number of allylic oxidation sites excluding steroid dienone is 2. The molecule has 10 heavy (non-hydrogen) atoms. The molecule has 1 aliphatic rings. The maximum Gasteiger partial charge on any atom is 0.0373 e. The minimum Gasteiger partial charge on any atom is -0.0840 e. The largest absolute Gasteiger partial charge is 0.0840 e. The first-order valence-electron chi connectivity index (χ1n) is 3.99. The first kappa shape index (κ1) is 8.57. The SMILES string of the molecule is CC(C)(I)C1=CCCCC1. The van der Waals surface area contributed by atoms with E-state index < -0.39 is 0 Å². The lowest BCUT2D eigenvalue weighted by Gasteiger charge is -2.23. The minimum absolute atomic E-state index is 0.401. The minimum atomic E-state index is 0.401. The van der Waals surface area contributed by atoms with Crippen LogP contribution in [0.5, 0.6) is 0 Å². The molecule has 0 atom stereocenters. The van der Waals surface area contributed by atoms with Crippen LogP contribution in [-0.2, 0) is 0 Å². The van der Waals surface area contributed by atoms with Crippen molar-refractivity contribution in [2.45, 2.75) is 43.0 Å². The van der Waals surface area contributed by atoms with Crippen LogP contribution in [0.3, 0.4) is 0 Å². The van der Waals surface area contributed by atoms with Crippen molar-refractivity contribution in [3.8, 4) is 0 Å². The van der Waals surface area contributed by atoms with Gasteiger partial charge in [0.15, 0.2) is 0 Å². The molecule has 0 fully saturated rings. The summed E-state index contributed by atoms with van der Waals surface area (Å²) in [6.07, 6.45) is 7.86. The smallest absolute Gasteiger partial charge is 0.0373 e. The molecule has 0 saturated heterocycles. The predicted octanol–water partition coefficient (Wildman–Crippen LogP) is 3.70. The topological polar surface area (TPSA) is 0 Å². The molecular weight excluding hydrogens is 235 g/mol. The number of rotatable bonds is 1. The van der Waals surface area contributed by atoms with Crippen LogP contribution in [0, 0.1) is 0 Å². The Balaban J connectivity index is 2.62. The zero-order valence-electron chi connectivity index (χ0n) is 6.78. The van der Waals surface area contributed by atoms with Crippen molar-refractivity contribution in [1.29, 1.82) is 0 Å². The predicted molar refractivity (Wildman–Crippen MR) is 54.7 cm³/mol. The fourth-order valence-electron chi connectivity index (χ4n) is 1.38. The second kappa shape index (κ2) is 3.24. The van der Waals surface area contributed by atoms with Crippen LogP contribution in [0.2, 0.25) is 0 Å². The summed E-state index contributed by atoms with van der Waals surface area (Å²) in [6, 6.07) is 0. The Bertz CT molecular complexity index is 139. The first-order chi connectivity index (χ1) is 4.61. The van der Waals surface area contributed by atoms with Crippen molar-refractivity contribution in [1.82, 2.24) is 0 Å². The molecule has 0 aliphatic heterocycles. The van der Waals surface area contributed by atoms with E-state index in [2.05, 4.69) is 42.5 Å². The van der Waals surface area contributed by atoms with Gasteiger partial charge in [-0.2, -0.15) is 0 Å². The van der Waals surface area contributed by atoms with Crippen molar-refractivity contribution in [2.75, 3.05) is 0 Å². The van der Waals surface area contributed by atoms with Gasteiger partial charge in [0.05, 0.1) is 0 Å². The Kier molecular flexibility index (Phi) is 2.78. The Morgan fingerprint density at radius 1 is 1.40 bits per heavy atom. The fourth-order valence-corrected chi connectivity index (χ4v) is 1.87. The third-order valence-electron chi connectivity index (χ3n) is 2.05. The third kappa shape index (κ3) is 2.26.